The zero-order chi connectivity index (χ0) is 33.0. The number of aryl methyl sites for hydroxylation is 2. The number of hydrogen-bond donors (Lipinski definition) is 8. The predicted molar refractivity (Wildman–Crippen MR) is 155 cm³/mol. The van der Waals surface area contributed by atoms with Gasteiger partial charge in [-0.2, -0.15) is 0 Å². The molecule has 244 valence electrons. The van der Waals surface area contributed by atoms with Crippen LogP contribution in [-0.2, 0) is 44.1 Å². The van der Waals surface area contributed by atoms with Gasteiger partial charge in [0.1, 0.15) is 11.5 Å². The molecule has 1 fully saturated rings. The van der Waals surface area contributed by atoms with Crippen molar-refractivity contribution in [2.45, 2.75) is 77.0 Å². The molecule has 2 heterocycles. The van der Waals surface area contributed by atoms with Crippen molar-refractivity contribution in [3.63, 3.8) is 0 Å². The highest BCUT2D eigenvalue weighted by Gasteiger charge is 2.37. The Hall–Kier alpha value is -2.94. The molecule has 2 aromatic heterocycles. The third kappa shape index (κ3) is 9.78. The lowest BCUT2D eigenvalue weighted by Crippen LogP contribution is -2.55. The fourth-order valence-electron chi connectivity index (χ4n) is 5.72. The summed E-state index contributed by atoms with van der Waals surface area (Å²) < 4.78 is 23.9. The molecule has 18 heteroatoms. The SMILES string of the molecule is Cc1ncc(CP(=O)(O)O)c(CN(Cc2c(CP(=O)(O)O)cnc(C)c2O)[C@@H]2CCCC[C@H]2N(CC(=O)O)CC(=O)O)c1O. The van der Waals surface area contributed by atoms with Crippen molar-refractivity contribution in [3.8, 4) is 11.5 Å². The van der Waals surface area contributed by atoms with Gasteiger partial charge in [0, 0.05) is 48.7 Å². The number of aliphatic carboxylic acids is 2. The van der Waals surface area contributed by atoms with Gasteiger partial charge < -0.3 is 40.0 Å². The van der Waals surface area contributed by atoms with Gasteiger partial charge in [0.2, 0.25) is 0 Å². The number of carboxylic acids is 2. The van der Waals surface area contributed by atoms with Gasteiger partial charge >= 0.3 is 27.1 Å². The van der Waals surface area contributed by atoms with Gasteiger partial charge in [-0.25, -0.2) is 0 Å². The molecular weight excluding hydrogens is 622 g/mol. The quantitative estimate of drug-likeness (QED) is 0.134. The minimum absolute atomic E-state index is 0.0392. The summed E-state index contributed by atoms with van der Waals surface area (Å²) in [5.74, 6) is -3.18. The second kappa shape index (κ2) is 14.4. The summed E-state index contributed by atoms with van der Waals surface area (Å²) in [4.78, 5) is 73.4. The van der Waals surface area contributed by atoms with Crippen LogP contribution in [0.3, 0.4) is 0 Å². The van der Waals surface area contributed by atoms with Gasteiger partial charge in [-0.1, -0.05) is 12.8 Å². The Balaban J connectivity index is 2.22. The molecule has 44 heavy (non-hydrogen) atoms. The summed E-state index contributed by atoms with van der Waals surface area (Å²) >= 11 is 0. The van der Waals surface area contributed by atoms with E-state index < -0.39 is 64.6 Å². The average molecular weight is 661 g/mol. The van der Waals surface area contributed by atoms with Crippen molar-refractivity contribution in [2.75, 3.05) is 13.1 Å². The molecule has 0 radical (unpaired) electrons. The summed E-state index contributed by atoms with van der Waals surface area (Å²) in [7, 11) is -9.28. The Kier molecular flexibility index (Phi) is 11.7. The molecule has 1 aliphatic rings. The highest BCUT2D eigenvalue weighted by Crippen LogP contribution is 2.44. The topological polar surface area (TPSA) is 262 Å². The van der Waals surface area contributed by atoms with E-state index in [0.29, 0.717) is 25.7 Å². The Morgan fingerprint density at radius 3 is 1.45 bits per heavy atom. The predicted octanol–water partition coefficient (Wildman–Crippen LogP) is 1.64. The van der Waals surface area contributed by atoms with Crippen LogP contribution in [-0.4, -0.2) is 96.9 Å². The van der Waals surface area contributed by atoms with Crippen molar-refractivity contribution in [3.05, 3.63) is 46.0 Å². The third-order valence-corrected chi connectivity index (χ3v) is 9.15. The normalized spacial score (nSPS) is 17.7. The van der Waals surface area contributed by atoms with Crippen molar-refractivity contribution in [1.82, 2.24) is 19.8 Å². The van der Waals surface area contributed by atoms with E-state index in [1.54, 1.807) is 4.90 Å². The van der Waals surface area contributed by atoms with Crippen LogP contribution in [0.5, 0.6) is 11.5 Å². The standard InChI is InChI=1S/C26H38N4O12P2/c1-15-25(35)19(17(7-27-15)13-43(37,38)39)9-29(10-20-18(14-44(40,41)42)8-28-16(2)26(20)36)21-5-3-4-6-22(21)30(11-23(31)32)12-24(33)34/h7-8,21-22,35-36H,3-6,9-14H2,1-2H3,(H,31,32)(H,33,34)(H2,37,38,39)(H2,40,41,42)/t21-,22-/m1/s1. The van der Waals surface area contributed by atoms with Crippen LogP contribution in [0.4, 0.5) is 0 Å². The summed E-state index contributed by atoms with van der Waals surface area (Å²) in [6.45, 7) is 1.38. The first kappa shape index (κ1) is 35.5. The Morgan fingerprint density at radius 1 is 0.750 bits per heavy atom. The number of rotatable bonds is 14. The second-order valence-corrected chi connectivity index (χ2v) is 14.3. The first-order valence-electron chi connectivity index (χ1n) is 13.7. The maximum absolute atomic E-state index is 12.0. The van der Waals surface area contributed by atoms with E-state index in [-0.39, 0.29) is 58.2 Å². The van der Waals surface area contributed by atoms with Crippen LogP contribution in [0.1, 0.15) is 59.3 Å². The van der Waals surface area contributed by atoms with Crippen LogP contribution < -0.4 is 0 Å². The summed E-state index contributed by atoms with van der Waals surface area (Å²) in [6, 6.07) is -1.27. The molecule has 0 aliphatic heterocycles. The molecule has 2 atom stereocenters. The lowest BCUT2D eigenvalue weighted by Gasteiger charge is -2.45. The maximum atomic E-state index is 12.0. The van der Waals surface area contributed by atoms with Crippen LogP contribution in [0.15, 0.2) is 12.4 Å². The zero-order valence-corrected chi connectivity index (χ0v) is 26.1. The first-order chi connectivity index (χ1) is 20.4. The van der Waals surface area contributed by atoms with Crippen molar-refractivity contribution in [1.29, 1.82) is 0 Å². The van der Waals surface area contributed by atoms with Gasteiger partial charge in [0.15, 0.2) is 0 Å². The first-order valence-corrected chi connectivity index (χ1v) is 17.3. The minimum atomic E-state index is -4.64. The van der Waals surface area contributed by atoms with Crippen molar-refractivity contribution < 1.29 is 58.7 Å². The van der Waals surface area contributed by atoms with Crippen molar-refractivity contribution in [2.24, 2.45) is 0 Å². The summed E-state index contributed by atoms with van der Waals surface area (Å²) in [5, 5.41) is 41.2. The summed E-state index contributed by atoms with van der Waals surface area (Å²) in [5.41, 5.74) is 0.620. The maximum Gasteiger partial charge on any atom is 0.329 e. The molecule has 0 spiro atoms. The van der Waals surface area contributed by atoms with E-state index in [1.165, 1.54) is 31.1 Å². The number of nitrogens with zero attached hydrogens (tertiary/aromatic N) is 4. The zero-order valence-electron chi connectivity index (χ0n) is 24.3. The van der Waals surface area contributed by atoms with Gasteiger partial charge in [0.25, 0.3) is 0 Å². The highest BCUT2D eigenvalue weighted by atomic mass is 31.2. The van der Waals surface area contributed by atoms with Gasteiger partial charge in [0.05, 0.1) is 36.8 Å². The van der Waals surface area contributed by atoms with E-state index in [1.807, 2.05) is 0 Å². The smallest absolute Gasteiger partial charge is 0.329 e. The second-order valence-electron chi connectivity index (χ2n) is 11.1. The summed E-state index contributed by atoms with van der Waals surface area (Å²) in [6.07, 6.45) is 3.07. The molecule has 3 rings (SSSR count). The number of hydrogen-bond acceptors (Lipinski definition) is 10. The van der Waals surface area contributed by atoms with Crippen LogP contribution in [0, 0.1) is 13.8 Å². The Labute approximate surface area is 253 Å². The van der Waals surface area contributed by atoms with E-state index in [4.69, 9.17) is 0 Å². The number of carbonyl (C=O) groups is 2. The number of aromatic hydroxyl groups is 2. The highest BCUT2D eigenvalue weighted by molar-refractivity contribution is 7.51. The molecule has 0 bridgehead atoms. The van der Waals surface area contributed by atoms with Gasteiger partial charge in [-0.05, 0) is 37.8 Å². The van der Waals surface area contributed by atoms with Gasteiger partial charge in [-0.15, -0.1) is 0 Å². The monoisotopic (exact) mass is 660 g/mol. The molecule has 0 amide bonds. The van der Waals surface area contributed by atoms with E-state index in [0.717, 1.165) is 0 Å². The minimum Gasteiger partial charge on any atom is -0.506 e. The van der Waals surface area contributed by atoms with E-state index >= 15 is 0 Å². The van der Waals surface area contributed by atoms with E-state index in [2.05, 4.69) is 9.97 Å². The van der Waals surface area contributed by atoms with Crippen LogP contribution in [0.2, 0.25) is 0 Å². The largest absolute Gasteiger partial charge is 0.506 e. The van der Waals surface area contributed by atoms with Crippen LogP contribution in [0.25, 0.3) is 0 Å². The molecule has 2 aromatic rings. The lowest BCUT2D eigenvalue weighted by molar-refractivity contribution is -0.144. The molecule has 16 nitrogen and oxygen atoms in total. The molecule has 0 unspecified atom stereocenters. The number of aromatic nitrogens is 2. The molecule has 1 saturated carbocycles. The number of carboxylic acid groups (broad SMARTS) is 2. The molecular formula is C26H38N4O12P2. The van der Waals surface area contributed by atoms with Gasteiger partial charge in [-0.3, -0.25) is 38.5 Å². The Morgan fingerprint density at radius 2 is 1.11 bits per heavy atom. The molecule has 0 saturated heterocycles. The molecule has 1 aliphatic carbocycles. The lowest BCUT2D eigenvalue weighted by atomic mass is 9.87. The Bertz CT molecular complexity index is 1380. The fourth-order valence-corrected chi connectivity index (χ4v) is 7.15. The molecule has 8 N–H and O–H groups in total. The van der Waals surface area contributed by atoms with Crippen molar-refractivity contribution >= 4 is 27.1 Å². The average Bonchev–Trinajstić information content (AvgIpc) is 2.89. The fraction of sp³-hybridized carbons (Fsp3) is 0.538. The van der Waals surface area contributed by atoms with E-state index in [9.17, 15) is 58.7 Å². The molecule has 0 aromatic carbocycles. The number of pyridine rings is 2. The third-order valence-electron chi connectivity index (χ3n) is 7.64. The van der Waals surface area contributed by atoms with Crippen LogP contribution >= 0.6 is 15.2 Å².